The lowest BCUT2D eigenvalue weighted by molar-refractivity contribution is 0.183. The number of methoxy groups -OCH3 is 1. The molecule has 1 unspecified atom stereocenters. The molecule has 8 nitrogen and oxygen atoms in total. The van der Waals surface area contributed by atoms with Gasteiger partial charge in [0.1, 0.15) is 0 Å². The molecule has 0 aliphatic carbocycles. The van der Waals surface area contributed by atoms with Crippen molar-refractivity contribution in [3.05, 3.63) is 0 Å². The van der Waals surface area contributed by atoms with Gasteiger partial charge in [0, 0.05) is 19.8 Å². The number of hydrogen-bond acceptors (Lipinski definition) is 7. The summed E-state index contributed by atoms with van der Waals surface area (Å²) in [5.74, 6) is 0.867. The highest BCUT2D eigenvalue weighted by molar-refractivity contribution is 5.83. The van der Waals surface area contributed by atoms with Gasteiger partial charge in [-0.2, -0.15) is 15.0 Å². The maximum Gasteiger partial charge on any atom is 0.320 e. The predicted octanol–water partition coefficient (Wildman–Crippen LogP) is 2.41. The van der Waals surface area contributed by atoms with E-state index in [4.69, 9.17) is 19.9 Å². The van der Waals surface area contributed by atoms with E-state index in [1.807, 2.05) is 11.5 Å². The molecule has 0 saturated carbocycles. The fourth-order valence-electron chi connectivity index (χ4n) is 3.16. The van der Waals surface area contributed by atoms with Crippen LogP contribution in [0, 0.1) is 5.92 Å². The zero-order valence-electron chi connectivity index (χ0n) is 15.2. The first-order valence-electron chi connectivity index (χ1n) is 8.94. The maximum absolute atomic E-state index is 6.08. The van der Waals surface area contributed by atoms with E-state index in [1.165, 1.54) is 0 Å². The van der Waals surface area contributed by atoms with E-state index in [-0.39, 0.29) is 6.10 Å². The molecule has 0 aromatic carbocycles. The highest BCUT2D eigenvalue weighted by Crippen LogP contribution is 2.27. The maximum atomic E-state index is 6.08. The van der Waals surface area contributed by atoms with E-state index >= 15 is 0 Å². The van der Waals surface area contributed by atoms with Crippen LogP contribution in [-0.2, 0) is 11.3 Å². The lowest BCUT2D eigenvalue weighted by Crippen LogP contribution is -2.14. The molecule has 0 bridgehead atoms. The van der Waals surface area contributed by atoms with Gasteiger partial charge in [0.15, 0.2) is 17.0 Å². The first-order chi connectivity index (χ1) is 12.1. The molecule has 1 aliphatic rings. The lowest BCUT2D eigenvalue weighted by atomic mass is 10.1. The smallest absolute Gasteiger partial charge is 0.320 e. The third-order valence-corrected chi connectivity index (χ3v) is 4.54. The van der Waals surface area contributed by atoms with Crippen LogP contribution in [0.2, 0.25) is 0 Å². The summed E-state index contributed by atoms with van der Waals surface area (Å²) in [6, 6.07) is 0.785. The van der Waals surface area contributed by atoms with Gasteiger partial charge < -0.3 is 19.9 Å². The highest BCUT2D eigenvalue weighted by Gasteiger charge is 2.21. The number of nitrogens with zero attached hydrogens (tertiary/aromatic N) is 4. The molecule has 2 atom stereocenters. The van der Waals surface area contributed by atoms with Crippen molar-refractivity contribution < 1.29 is 14.2 Å². The molecule has 0 amide bonds. The van der Waals surface area contributed by atoms with Crippen molar-refractivity contribution in [1.82, 2.24) is 19.5 Å². The topological polar surface area (TPSA) is 97.3 Å². The summed E-state index contributed by atoms with van der Waals surface area (Å²) in [7, 11) is 1.60. The van der Waals surface area contributed by atoms with Crippen LogP contribution >= 0.6 is 0 Å². The van der Waals surface area contributed by atoms with Crippen molar-refractivity contribution in [3.63, 3.8) is 0 Å². The average Bonchev–Trinajstić information content (AvgIpc) is 3.20. The van der Waals surface area contributed by atoms with E-state index < -0.39 is 0 Å². The second-order valence-electron chi connectivity index (χ2n) is 6.55. The Balaban J connectivity index is 1.88. The predicted molar refractivity (Wildman–Crippen MR) is 94.8 cm³/mol. The van der Waals surface area contributed by atoms with Crippen molar-refractivity contribution in [2.24, 2.45) is 5.92 Å². The van der Waals surface area contributed by atoms with Crippen LogP contribution in [0.1, 0.15) is 39.5 Å². The van der Waals surface area contributed by atoms with E-state index in [0.717, 1.165) is 45.4 Å². The summed E-state index contributed by atoms with van der Waals surface area (Å²) in [5.41, 5.74) is 7.28. The van der Waals surface area contributed by atoms with Crippen LogP contribution < -0.4 is 15.2 Å². The van der Waals surface area contributed by atoms with Crippen LogP contribution in [0.25, 0.3) is 11.2 Å². The number of ether oxygens (including phenoxy) is 3. The van der Waals surface area contributed by atoms with Crippen LogP contribution in [0.15, 0.2) is 0 Å². The normalized spacial score (nSPS) is 18.6. The summed E-state index contributed by atoms with van der Waals surface area (Å²) in [4.78, 5) is 13.2. The molecule has 2 aromatic rings. The van der Waals surface area contributed by atoms with Crippen LogP contribution in [-0.4, -0.2) is 45.9 Å². The molecule has 1 fully saturated rings. The number of imidazole rings is 1. The van der Waals surface area contributed by atoms with Crippen molar-refractivity contribution in [3.8, 4) is 12.0 Å². The Morgan fingerprint density at radius 3 is 2.88 bits per heavy atom. The minimum atomic E-state index is 0.0377. The van der Waals surface area contributed by atoms with Crippen molar-refractivity contribution in [1.29, 1.82) is 0 Å². The second-order valence-corrected chi connectivity index (χ2v) is 6.55. The number of anilines is 1. The molecular weight excluding hydrogens is 322 g/mol. The summed E-state index contributed by atoms with van der Waals surface area (Å²) in [5, 5.41) is 0. The fraction of sp³-hybridized carbons (Fsp3) is 0.706. The number of hydrogen-bond donors (Lipinski definition) is 1. The number of nitrogens with two attached hydrogens (primary N) is 1. The quantitative estimate of drug-likeness (QED) is 0.781. The Morgan fingerprint density at radius 1 is 1.36 bits per heavy atom. The van der Waals surface area contributed by atoms with Gasteiger partial charge in [0.05, 0.1) is 13.2 Å². The van der Waals surface area contributed by atoms with Gasteiger partial charge in [-0.1, -0.05) is 13.3 Å². The van der Waals surface area contributed by atoms with E-state index in [2.05, 4.69) is 21.9 Å². The first-order valence-corrected chi connectivity index (χ1v) is 8.94. The van der Waals surface area contributed by atoms with Crippen LogP contribution in [0.5, 0.6) is 12.0 Å². The van der Waals surface area contributed by atoms with Crippen molar-refractivity contribution >= 4 is 17.0 Å². The Bertz CT molecular complexity index is 712. The molecule has 0 spiro atoms. The van der Waals surface area contributed by atoms with E-state index in [0.29, 0.717) is 34.9 Å². The lowest BCUT2D eigenvalue weighted by Gasteiger charge is -2.13. The number of aromatic nitrogens is 4. The third kappa shape index (κ3) is 3.95. The number of aryl methyl sites for hydroxylation is 1. The summed E-state index contributed by atoms with van der Waals surface area (Å²) < 4.78 is 18.6. The molecule has 1 aliphatic heterocycles. The minimum Gasteiger partial charge on any atom is -0.468 e. The monoisotopic (exact) mass is 349 g/mol. The fourth-order valence-corrected chi connectivity index (χ4v) is 3.16. The van der Waals surface area contributed by atoms with Gasteiger partial charge in [-0.15, -0.1) is 0 Å². The molecule has 1 saturated heterocycles. The number of rotatable bonds is 8. The Hall–Kier alpha value is -2.09. The molecule has 8 heteroatoms. The average molecular weight is 349 g/mol. The second kappa shape index (κ2) is 7.86. The van der Waals surface area contributed by atoms with Gasteiger partial charge in [0.2, 0.25) is 0 Å². The van der Waals surface area contributed by atoms with Crippen LogP contribution in [0.4, 0.5) is 5.82 Å². The van der Waals surface area contributed by atoms with Crippen molar-refractivity contribution in [2.45, 2.75) is 52.2 Å². The Labute approximate surface area is 147 Å². The molecule has 2 N–H and O–H groups in total. The molecule has 25 heavy (non-hydrogen) atoms. The zero-order chi connectivity index (χ0) is 17.8. The SMILES string of the molecule is CCC[C@H](C)Oc1nc(N)c2nc(OC)n(CCC3CCOC3)c2n1. The van der Waals surface area contributed by atoms with Gasteiger partial charge in [-0.25, -0.2) is 0 Å². The molecule has 3 rings (SSSR count). The Kier molecular flexibility index (Phi) is 5.57. The van der Waals surface area contributed by atoms with E-state index in [9.17, 15) is 0 Å². The van der Waals surface area contributed by atoms with Gasteiger partial charge >= 0.3 is 6.01 Å². The third-order valence-electron chi connectivity index (χ3n) is 4.54. The zero-order valence-corrected chi connectivity index (χ0v) is 15.2. The van der Waals surface area contributed by atoms with E-state index in [1.54, 1.807) is 7.11 Å². The summed E-state index contributed by atoms with van der Waals surface area (Å²) in [6.45, 7) is 6.52. The van der Waals surface area contributed by atoms with Gasteiger partial charge in [-0.3, -0.25) is 4.57 Å². The molecule has 138 valence electrons. The Morgan fingerprint density at radius 2 is 2.20 bits per heavy atom. The first kappa shape index (κ1) is 17.7. The number of fused-ring (bicyclic) bond motifs is 1. The van der Waals surface area contributed by atoms with Crippen molar-refractivity contribution in [2.75, 3.05) is 26.1 Å². The van der Waals surface area contributed by atoms with Crippen LogP contribution in [0.3, 0.4) is 0 Å². The summed E-state index contributed by atoms with van der Waals surface area (Å²) >= 11 is 0. The largest absolute Gasteiger partial charge is 0.468 e. The van der Waals surface area contributed by atoms with Gasteiger partial charge in [0.25, 0.3) is 6.01 Å². The standard InChI is InChI=1S/C17H27N5O3/c1-4-5-11(2)25-16-20-14(18)13-15(21-16)22(17(19-13)23-3)8-6-12-7-9-24-10-12/h11-12H,4-10H2,1-3H3,(H2,18,20,21)/t11-,12?/m0/s1. The van der Waals surface area contributed by atoms with Gasteiger partial charge in [-0.05, 0) is 32.1 Å². The molecule has 3 heterocycles. The molecule has 2 aromatic heterocycles. The molecule has 0 radical (unpaired) electrons. The highest BCUT2D eigenvalue weighted by atomic mass is 16.5. The summed E-state index contributed by atoms with van der Waals surface area (Å²) in [6.07, 6.45) is 4.08. The number of nitrogen functional groups attached to an aromatic ring is 1. The molecular formula is C17H27N5O3. The minimum absolute atomic E-state index is 0.0377.